The van der Waals surface area contributed by atoms with Crippen LogP contribution >= 0.6 is 0 Å². The zero-order valence-corrected chi connectivity index (χ0v) is 8.41. The van der Waals surface area contributed by atoms with E-state index in [1.807, 2.05) is 6.08 Å². The fraction of sp³-hybridized carbons (Fsp3) is 0.333. The summed E-state index contributed by atoms with van der Waals surface area (Å²) < 4.78 is 0. The van der Waals surface area contributed by atoms with Crippen LogP contribution in [0.1, 0.15) is 23.6 Å². The van der Waals surface area contributed by atoms with Crippen LogP contribution in [0.15, 0.2) is 24.3 Å². The molecule has 0 aromatic heterocycles. The van der Waals surface area contributed by atoms with Gasteiger partial charge in [0.15, 0.2) is 0 Å². The minimum Gasteiger partial charge on any atom is -0.389 e. The Kier molecular flexibility index (Phi) is 3.26. The average molecular weight is 176 g/mol. The molecule has 13 heavy (non-hydrogen) atoms. The molecule has 1 rings (SSSR count). The van der Waals surface area contributed by atoms with Gasteiger partial charge in [0.25, 0.3) is 0 Å². The lowest BCUT2D eigenvalue weighted by Gasteiger charge is -2.01. The maximum atomic E-state index is 9.05. The van der Waals surface area contributed by atoms with Gasteiger partial charge in [-0.05, 0) is 37.5 Å². The van der Waals surface area contributed by atoms with Crippen molar-refractivity contribution < 1.29 is 5.11 Å². The van der Waals surface area contributed by atoms with Gasteiger partial charge in [-0.2, -0.15) is 0 Å². The molecule has 1 heteroatoms. The maximum absolute atomic E-state index is 9.05. The van der Waals surface area contributed by atoms with Crippen LogP contribution in [-0.2, 0) is 0 Å². The Morgan fingerprint density at radius 3 is 2.46 bits per heavy atom. The summed E-state index contributed by atoms with van der Waals surface area (Å²) in [6.07, 6.45) is 3.35. The van der Waals surface area contributed by atoms with Gasteiger partial charge in [0.05, 0.1) is 6.10 Å². The summed E-state index contributed by atoms with van der Waals surface area (Å²) in [5.74, 6) is 0. The maximum Gasteiger partial charge on any atom is 0.0696 e. The number of benzene rings is 1. The van der Waals surface area contributed by atoms with Crippen molar-refractivity contribution in [3.8, 4) is 0 Å². The van der Waals surface area contributed by atoms with Crippen LogP contribution in [0.25, 0.3) is 6.08 Å². The molecule has 0 heterocycles. The molecule has 0 spiro atoms. The first-order valence-corrected chi connectivity index (χ1v) is 4.53. The molecule has 1 nitrogen and oxygen atoms in total. The number of hydrogen-bond donors (Lipinski definition) is 1. The fourth-order valence-corrected chi connectivity index (χ4v) is 1.12. The number of aliphatic hydroxyl groups excluding tert-OH is 1. The highest BCUT2D eigenvalue weighted by Crippen LogP contribution is 2.11. The molecule has 1 aromatic rings. The number of aliphatic hydroxyl groups is 1. The molecular weight excluding hydrogens is 160 g/mol. The standard InChI is InChI=1S/C12H16O/c1-9-4-6-12(8-10(9)2)7-5-11(3)13/h4-8,11,13H,1-3H3/b7-5+/t11-/m0/s1. The lowest BCUT2D eigenvalue weighted by Crippen LogP contribution is -1.91. The van der Waals surface area contributed by atoms with Crippen molar-refractivity contribution in [3.05, 3.63) is 41.0 Å². The smallest absolute Gasteiger partial charge is 0.0696 e. The summed E-state index contributed by atoms with van der Waals surface area (Å²) in [4.78, 5) is 0. The molecule has 1 aromatic carbocycles. The average Bonchev–Trinajstić information content (AvgIpc) is 2.07. The molecule has 1 N–H and O–H groups in total. The molecule has 0 saturated carbocycles. The second-order valence-corrected chi connectivity index (χ2v) is 3.44. The zero-order valence-electron chi connectivity index (χ0n) is 8.41. The molecule has 0 aliphatic rings. The summed E-state index contributed by atoms with van der Waals surface area (Å²) in [6, 6.07) is 6.27. The lowest BCUT2D eigenvalue weighted by molar-refractivity contribution is 0.245. The largest absolute Gasteiger partial charge is 0.389 e. The van der Waals surface area contributed by atoms with Crippen molar-refractivity contribution >= 4 is 6.08 Å². The van der Waals surface area contributed by atoms with Crippen molar-refractivity contribution in [2.75, 3.05) is 0 Å². The van der Waals surface area contributed by atoms with Gasteiger partial charge in [-0.25, -0.2) is 0 Å². The molecule has 0 bridgehead atoms. The minimum atomic E-state index is -0.374. The van der Waals surface area contributed by atoms with Gasteiger partial charge in [-0.15, -0.1) is 0 Å². The van der Waals surface area contributed by atoms with Crippen LogP contribution < -0.4 is 0 Å². The Labute approximate surface area is 79.7 Å². The lowest BCUT2D eigenvalue weighted by atomic mass is 10.1. The number of aryl methyl sites for hydroxylation is 2. The molecular formula is C12H16O. The SMILES string of the molecule is Cc1ccc(/C=C/[C@H](C)O)cc1C. The van der Waals surface area contributed by atoms with E-state index in [1.165, 1.54) is 11.1 Å². The van der Waals surface area contributed by atoms with Gasteiger partial charge in [0.1, 0.15) is 0 Å². The zero-order chi connectivity index (χ0) is 9.84. The van der Waals surface area contributed by atoms with Crippen molar-refractivity contribution in [2.45, 2.75) is 26.9 Å². The first kappa shape index (κ1) is 10.0. The molecule has 0 aliphatic carbocycles. The highest BCUT2D eigenvalue weighted by atomic mass is 16.3. The van der Waals surface area contributed by atoms with Crippen molar-refractivity contribution in [1.29, 1.82) is 0 Å². The van der Waals surface area contributed by atoms with E-state index in [0.717, 1.165) is 5.56 Å². The summed E-state index contributed by atoms with van der Waals surface area (Å²) in [7, 11) is 0. The van der Waals surface area contributed by atoms with Gasteiger partial charge in [-0.3, -0.25) is 0 Å². The highest BCUT2D eigenvalue weighted by Gasteiger charge is 1.93. The van der Waals surface area contributed by atoms with Gasteiger partial charge in [0, 0.05) is 0 Å². The monoisotopic (exact) mass is 176 g/mol. The van der Waals surface area contributed by atoms with Crippen molar-refractivity contribution in [2.24, 2.45) is 0 Å². The van der Waals surface area contributed by atoms with E-state index < -0.39 is 0 Å². The number of hydrogen-bond acceptors (Lipinski definition) is 1. The van der Waals surface area contributed by atoms with Crippen LogP contribution in [0.3, 0.4) is 0 Å². The fourth-order valence-electron chi connectivity index (χ4n) is 1.12. The van der Waals surface area contributed by atoms with Gasteiger partial charge in [-0.1, -0.05) is 30.4 Å². The van der Waals surface area contributed by atoms with E-state index in [9.17, 15) is 0 Å². The Hall–Kier alpha value is -1.08. The first-order valence-electron chi connectivity index (χ1n) is 4.53. The molecule has 70 valence electrons. The molecule has 0 fully saturated rings. The topological polar surface area (TPSA) is 20.2 Å². The van der Waals surface area contributed by atoms with Gasteiger partial charge >= 0.3 is 0 Å². The van der Waals surface area contributed by atoms with Crippen LogP contribution in [0, 0.1) is 13.8 Å². The Morgan fingerprint density at radius 1 is 1.23 bits per heavy atom. The molecule has 0 saturated heterocycles. The van der Waals surface area contributed by atoms with Crippen LogP contribution in [0.4, 0.5) is 0 Å². The third-order valence-electron chi connectivity index (χ3n) is 2.10. The molecule has 0 unspecified atom stereocenters. The molecule has 0 radical (unpaired) electrons. The molecule has 0 aliphatic heterocycles. The Balaban J connectivity index is 2.85. The predicted octanol–water partition coefficient (Wildman–Crippen LogP) is 2.70. The van der Waals surface area contributed by atoms with Gasteiger partial charge < -0.3 is 5.11 Å². The molecule has 0 amide bonds. The van der Waals surface area contributed by atoms with Crippen LogP contribution in [0.5, 0.6) is 0 Å². The first-order chi connectivity index (χ1) is 6.09. The summed E-state index contributed by atoms with van der Waals surface area (Å²) >= 11 is 0. The Morgan fingerprint density at radius 2 is 1.92 bits per heavy atom. The van der Waals surface area contributed by atoms with E-state index in [0.29, 0.717) is 0 Å². The number of rotatable bonds is 2. The van der Waals surface area contributed by atoms with E-state index in [4.69, 9.17) is 5.11 Å². The summed E-state index contributed by atoms with van der Waals surface area (Å²) in [6.45, 7) is 5.93. The third-order valence-corrected chi connectivity index (χ3v) is 2.10. The minimum absolute atomic E-state index is 0.374. The second kappa shape index (κ2) is 4.24. The predicted molar refractivity (Wildman–Crippen MR) is 56.6 cm³/mol. The van der Waals surface area contributed by atoms with E-state index in [1.54, 1.807) is 13.0 Å². The van der Waals surface area contributed by atoms with Crippen LogP contribution in [-0.4, -0.2) is 11.2 Å². The Bertz CT molecular complexity index is 311. The van der Waals surface area contributed by atoms with Crippen molar-refractivity contribution in [1.82, 2.24) is 0 Å². The van der Waals surface area contributed by atoms with Crippen LogP contribution in [0.2, 0.25) is 0 Å². The third kappa shape index (κ3) is 3.03. The highest BCUT2D eigenvalue weighted by molar-refractivity contribution is 5.51. The van der Waals surface area contributed by atoms with E-state index in [2.05, 4.69) is 32.0 Å². The summed E-state index contributed by atoms with van der Waals surface area (Å²) in [5, 5.41) is 9.05. The van der Waals surface area contributed by atoms with Crippen molar-refractivity contribution in [3.63, 3.8) is 0 Å². The van der Waals surface area contributed by atoms with E-state index >= 15 is 0 Å². The second-order valence-electron chi connectivity index (χ2n) is 3.44. The quantitative estimate of drug-likeness (QED) is 0.734. The normalized spacial score (nSPS) is 13.5. The van der Waals surface area contributed by atoms with Gasteiger partial charge in [0.2, 0.25) is 0 Å². The molecule has 1 atom stereocenters. The van der Waals surface area contributed by atoms with E-state index in [-0.39, 0.29) is 6.10 Å². The summed E-state index contributed by atoms with van der Waals surface area (Å²) in [5.41, 5.74) is 3.73.